The second-order valence-electron chi connectivity index (χ2n) is 5.06. The van der Waals surface area contributed by atoms with Crippen molar-refractivity contribution in [2.75, 3.05) is 7.11 Å². The van der Waals surface area contributed by atoms with Gasteiger partial charge in [0.2, 0.25) is 0 Å². The predicted octanol–water partition coefficient (Wildman–Crippen LogP) is 2.92. The molecule has 5 heteroatoms. The molecule has 0 radical (unpaired) electrons. The fourth-order valence-corrected chi connectivity index (χ4v) is 2.25. The minimum absolute atomic E-state index is 0.0267. The molecule has 1 aromatic carbocycles. The van der Waals surface area contributed by atoms with Crippen molar-refractivity contribution in [3.63, 3.8) is 0 Å². The summed E-state index contributed by atoms with van der Waals surface area (Å²) in [5, 5.41) is 4.43. The smallest absolute Gasteiger partial charge is 0.166 e. The van der Waals surface area contributed by atoms with E-state index >= 15 is 0 Å². The summed E-state index contributed by atoms with van der Waals surface area (Å²) < 4.78 is 20.7. The Bertz CT molecular complexity index is 647. The van der Waals surface area contributed by atoms with Gasteiger partial charge in [-0.1, -0.05) is 0 Å². The molecule has 0 atom stereocenters. The number of ether oxygens (including phenoxy) is 1. The van der Waals surface area contributed by atoms with Gasteiger partial charge in [0, 0.05) is 18.3 Å². The molecule has 0 N–H and O–H groups in total. The van der Waals surface area contributed by atoms with E-state index in [1.165, 1.54) is 26.0 Å². The number of benzene rings is 1. The number of hydrogen-bond acceptors (Lipinski definition) is 3. The molecule has 3 rings (SSSR count). The Kier molecular flexibility index (Phi) is 3.26. The minimum atomic E-state index is -0.552. The molecule has 0 bridgehead atoms. The molecule has 0 saturated heterocycles. The van der Waals surface area contributed by atoms with Gasteiger partial charge in [-0.2, -0.15) is 5.10 Å². The number of rotatable bonds is 5. The highest BCUT2D eigenvalue weighted by Gasteiger charge is 2.22. The minimum Gasteiger partial charge on any atom is -0.493 e. The van der Waals surface area contributed by atoms with Crippen LogP contribution in [0.5, 0.6) is 5.75 Å². The van der Waals surface area contributed by atoms with Crippen molar-refractivity contribution in [2.45, 2.75) is 19.4 Å². The average molecular weight is 274 g/mol. The van der Waals surface area contributed by atoms with E-state index in [9.17, 15) is 9.18 Å². The Labute approximate surface area is 116 Å². The van der Waals surface area contributed by atoms with Gasteiger partial charge in [0.05, 0.1) is 18.4 Å². The van der Waals surface area contributed by atoms with Crippen molar-refractivity contribution >= 4 is 6.29 Å². The van der Waals surface area contributed by atoms with Crippen molar-refractivity contribution in [2.24, 2.45) is 5.92 Å². The predicted molar refractivity (Wildman–Crippen MR) is 72.3 cm³/mol. The van der Waals surface area contributed by atoms with Gasteiger partial charge in [-0.25, -0.2) is 4.39 Å². The normalized spacial score (nSPS) is 14.3. The van der Waals surface area contributed by atoms with Gasteiger partial charge in [0.1, 0.15) is 0 Å². The number of nitrogens with zero attached hydrogens (tertiary/aromatic N) is 2. The van der Waals surface area contributed by atoms with E-state index in [1.807, 2.05) is 16.9 Å². The molecule has 4 nitrogen and oxygen atoms in total. The zero-order valence-corrected chi connectivity index (χ0v) is 11.2. The third-order valence-electron chi connectivity index (χ3n) is 3.48. The van der Waals surface area contributed by atoms with Gasteiger partial charge in [0.25, 0.3) is 0 Å². The standard InChI is InChI=1S/C15H15FN2O2/c1-20-15-12(9-19)6-11(7-13(15)16)14-4-5-18(17-14)8-10-2-3-10/h4-7,9-10H,2-3,8H2,1H3. The van der Waals surface area contributed by atoms with Crippen LogP contribution in [-0.2, 0) is 6.54 Å². The van der Waals surface area contributed by atoms with Crippen LogP contribution in [0.15, 0.2) is 24.4 Å². The third-order valence-corrected chi connectivity index (χ3v) is 3.48. The van der Waals surface area contributed by atoms with E-state index in [0.717, 1.165) is 12.5 Å². The van der Waals surface area contributed by atoms with Gasteiger partial charge < -0.3 is 4.74 Å². The molecule has 104 valence electrons. The number of carbonyl (C=O) groups excluding carboxylic acids is 1. The van der Waals surface area contributed by atoms with Gasteiger partial charge in [-0.05, 0) is 37.0 Å². The van der Waals surface area contributed by atoms with E-state index in [2.05, 4.69) is 5.10 Å². The summed E-state index contributed by atoms with van der Waals surface area (Å²) in [6.07, 6.45) is 4.98. The van der Waals surface area contributed by atoms with Gasteiger partial charge in [-0.15, -0.1) is 0 Å². The maximum atomic E-state index is 13.9. The Hall–Kier alpha value is -2.17. The second-order valence-corrected chi connectivity index (χ2v) is 5.06. The fraction of sp³-hybridized carbons (Fsp3) is 0.333. The number of methoxy groups -OCH3 is 1. The average Bonchev–Trinajstić information content (AvgIpc) is 3.13. The van der Waals surface area contributed by atoms with Crippen LogP contribution in [0.1, 0.15) is 23.2 Å². The fourth-order valence-electron chi connectivity index (χ4n) is 2.25. The molecule has 0 aliphatic heterocycles. The van der Waals surface area contributed by atoms with Crippen LogP contribution in [0.3, 0.4) is 0 Å². The molecule has 1 saturated carbocycles. The number of carbonyl (C=O) groups is 1. The van der Waals surface area contributed by atoms with E-state index in [4.69, 9.17) is 4.74 Å². The number of hydrogen-bond donors (Lipinski definition) is 0. The zero-order chi connectivity index (χ0) is 14.1. The maximum Gasteiger partial charge on any atom is 0.166 e. The topological polar surface area (TPSA) is 44.1 Å². The molecule has 1 aromatic heterocycles. The van der Waals surface area contributed by atoms with Crippen LogP contribution in [-0.4, -0.2) is 23.2 Å². The highest BCUT2D eigenvalue weighted by molar-refractivity contribution is 5.82. The van der Waals surface area contributed by atoms with Crippen molar-refractivity contribution in [3.05, 3.63) is 35.8 Å². The Morgan fingerprint density at radius 1 is 1.50 bits per heavy atom. The molecule has 2 aromatic rings. The van der Waals surface area contributed by atoms with E-state index in [1.54, 1.807) is 6.07 Å². The Balaban J connectivity index is 1.94. The number of aromatic nitrogens is 2. The second kappa shape index (κ2) is 5.07. The molecule has 0 spiro atoms. The summed E-state index contributed by atoms with van der Waals surface area (Å²) >= 11 is 0. The maximum absolute atomic E-state index is 13.9. The van der Waals surface area contributed by atoms with Crippen LogP contribution in [0.2, 0.25) is 0 Å². The lowest BCUT2D eigenvalue weighted by atomic mass is 10.1. The lowest BCUT2D eigenvalue weighted by Gasteiger charge is -2.07. The van der Waals surface area contributed by atoms with Crippen molar-refractivity contribution in [1.29, 1.82) is 0 Å². The van der Waals surface area contributed by atoms with Crippen molar-refractivity contribution < 1.29 is 13.9 Å². The van der Waals surface area contributed by atoms with Crippen molar-refractivity contribution in [3.8, 4) is 17.0 Å². The summed E-state index contributed by atoms with van der Waals surface area (Å²) in [7, 11) is 1.34. The highest BCUT2D eigenvalue weighted by atomic mass is 19.1. The summed E-state index contributed by atoms with van der Waals surface area (Å²) in [4.78, 5) is 11.0. The van der Waals surface area contributed by atoms with Crippen LogP contribution in [0.25, 0.3) is 11.3 Å². The molecule has 1 aliphatic rings. The van der Waals surface area contributed by atoms with E-state index in [-0.39, 0.29) is 11.3 Å². The summed E-state index contributed by atoms with van der Waals surface area (Å²) in [5.74, 6) is 0.144. The Morgan fingerprint density at radius 3 is 2.95 bits per heavy atom. The third kappa shape index (κ3) is 2.43. The van der Waals surface area contributed by atoms with Gasteiger partial charge in [0.15, 0.2) is 17.9 Å². The first-order valence-corrected chi connectivity index (χ1v) is 6.58. The first-order valence-electron chi connectivity index (χ1n) is 6.58. The molecule has 1 aliphatic carbocycles. The van der Waals surface area contributed by atoms with Gasteiger partial charge in [-0.3, -0.25) is 9.48 Å². The highest BCUT2D eigenvalue weighted by Crippen LogP contribution is 2.31. The lowest BCUT2D eigenvalue weighted by molar-refractivity contribution is 0.112. The molecule has 1 heterocycles. The van der Waals surface area contributed by atoms with Gasteiger partial charge >= 0.3 is 0 Å². The first kappa shape index (κ1) is 12.8. The number of halogens is 1. The van der Waals surface area contributed by atoms with Crippen LogP contribution in [0.4, 0.5) is 4.39 Å². The monoisotopic (exact) mass is 274 g/mol. The van der Waals surface area contributed by atoms with E-state index in [0.29, 0.717) is 17.5 Å². The molecular formula is C15H15FN2O2. The molecular weight excluding hydrogens is 259 g/mol. The van der Waals surface area contributed by atoms with Crippen LogP contribution >= 0.6 is 0 Å². The van der Waals surface area contributed by atoms with Crippen LogP contribution < -0.4 is 4.74 Å². The summed E-state index contributed by atoms with van der Waals surface area (Å²) in [6.45, 7) is 0.902. The molecule has 0 amide bonds. The Morgan fingerprint density at radius 2 is 2.30 bits per heavy atom. The summed E-state index contributed by atoms with van der Waals surface area (Å²) in [6, 6.07) is 4.77. The molecule has 1 fully saturated rings. The molecule has 20 heavy (non-hydrogen) atoms. The largest absolute Gasteiger partial charge is 0.493 e. The molecule has 0 unspecified atom stereocenters. The quantitative estimate of drug-likeness (QED) is 0.787. The first-order chi connectivity index (χ1) is 9.71. The van der Waals surface area contributed by atoms with Crippen LogP contribution in [0, 0.1) is 11.7 Å². The SMILES string of the molecule is COc1c(F)cc(-c2ccn(CC3CC3)n2)cc1C=O. The van der Waals surface area contributed by atoms with Crippen molar-refractivity contribution in [1.82, 2.24) is 9.78 Å². The number of aldehydes is 1. The lowest BCUT2D eigenvalue weighted by Crippen LogP contribution is -2.00. The zero-order valence-electron chi connectivity index (χ0n) is 11.2. The summed E-state index contributed by atoms with van der Waals surface area (Å²) in [5.41, 5.74) is 1.44. The van der Waals surface area contributed by atoms with E-state index < -0.39 is 5.82 Å².